The molecule has 0 aromatic carbocycles. The van der Waals surface area contributed by atoms with Crippen LogP contribution in [0.4, 0.5) is 0 Å². The maximum absolute atomic E-state index is 11.4. The molecule has 0 bridgehead atoms. The molecular formula is C6H11NO2S. The van der Waals surface area contributed by atoms with Crippen molar-refractivity contribution in [3.63, 3.8) is 0 Å². The highest BCUT2D eigenvalue weighted by atomic mass is 32.2. The topological polar surface area (TPSA) is 40.1 Å². The zero-order valence-corrected chi connectivity index (χ0v) is 6.82. The number of rotatable bonds is 0. The molecule has 0 radical (unpaired) electrons. The van der Waals surface area contributed by atoms with Crippen LogP contribution in [0, 0.1) is 5.21 Å². The summed E-state index contributed by atoms with van der Waals surface area (Å²) in [4.78, 5) is 10.8. The second-order valence-electron chi connectivity index (χ2n) is 2.47. The van der Waals surface area contributed by atoms with E-state index >= 15 is 0 Å². The molecule has 0 aromatic heterocycles. The fourth-order valence-electron chi connectivity index (χ4n) is 0.953. The number of hydrogen-bond acceptors (Lipinski definition) is 3. The summed E-state index contributed by atoms with van der Waals surface area (Å²) in [6, 6.07) is 0. The Morgan fingerprint density at radius 2 is 2.00 bits per heavy atom. The lowest BCUT2D eigenvalue weighted by molar-refractivity contribution is -0.799. The molecule has 0 unspecified atom stereocenters. The third-order valence-electron chi connectivity index (χ3n) is 1.77. The van der Waals surface area contributed by atoms with Crippen molar-refractivity contribution in [2.24, 2.45) is 0 Å². The average molecular weight is 161 g/mol. The maximum atomic E-state index is 11.4. The van der Waals surface area contributed by atoms with Gasteiger partial charge in [0.25, 0.3) is 0 Å². The Balaban J connectivity index is 2.56. The van der Waals surface area contributed by atoms with Gasteiger partial charge < -0.3 is 5.21 Å². The highest BCUT2D eigenvalue weighted by Gasteiger charge is 2.25. The molecule has 0 atom stereocenters. The number of carbonyl (C=O) groups is 1. The van der Waals surface area contributed by atoms with Gasteiger partial charge in [-0.05, 0) is 0 Å². The van der Waals surface area contributed by atoms with Crippen molar-refractivity contribution >= 4 is 17.7 Å². The monoisotopic (exact) mass is 161 g/mol. The molecule has 0 aliphatic carbocycles. The van der Waals surface area contributed by atoms with E-state index in [4.69, 9.17) is 0 Å². The number of amides is 1. The molecule has 1 rings (SSSR count). The maximum Gasteiger partial charge on any atom is 0.310 e. The van der Waals surface area contributed by atoms with Crippen molar-refractivity contribution in [3.8, 4) is 0 Å². The van der Waals surface area contributed by atoms with Gasteiger partial charge in [-0.2, -0.15) is 11.8 Å². The molecule has 0 saturated carbocycles. The Bertz CT molecular complexity index is 143. The quantitative estimate of drug-likeness (QED) is 0.386. The van der Waals surface area contributed by atoms with Crippen molar-refractivity contribution in [2.45, 2.75) is 6.92 Å². The van der Waals surface area contributed by atoms with Crippen LogP contribution in [-0.2, 0) is 4.79 Å². The highest BCUT2D eigenvalue weighted by molar-refractivity contribution is 7.99. The number of quaternary nitrogens is 1. The third-order valence-corrected chi connectivity index (χ3v) is 2.71. The zero-order chi connectivity index (χ0) is 7.61. The van der Waals surface area contributed by atoms with Crippen LogP contribution in [0.25, 0.3) is 0 Å². The molecule has 1 saturated heterocycles. The number of hydroxylamine groups is 3. The molecule has 0 N–H and O–H groups in total. The Morgan fingerprint density at radius 1 is 1.50 bits per heavy atom. The van der Waals surface area contributed by atoms with E-state index in [2.05, 4.69) is 0 Å². The van der Waals surface area contributed by atoms with Crippen LogP contribution in [0.3, 0.4) is 0 Å². The van der Waals surface area contributed by atoms with E-state index in [-0.39, 0.29) is 5.91 Å². The van der Waals surface area contributed by atoms with Crippen molar-refractivity contribution in [1.82, 2.24) is 0 Å². The van der Waals surface area contributed by atoms with Crippen LogP contribution in [-0.4, -0.2) is 35.1 Å². The van der Waals surface area contributed by atoms with Crippen molar-refractivity contribution < 1.29 is 9.44 Å². The van der Waals surface area contributed by atoms with Crippen LogP contribution >= 0.6 is 11.8 Å². The smallest absolute Gasteiger partial charge is 0.310 e. The largest absolute Gasteiger partial charge is 0.625 e. The molecule has 1 aliphatic rings. The van der Waals surface area contributed by atoms with Crippen molar-refractivity contribution in [2.75, 3.05) is 24.6 Å². The van der Waals surface area contributed by atoms with Gasteiger partial charge in [0.2, 0.25) is 0 Å². The summed E-state index contributed by atoms with van der Waals surface area (Å²) < 4.78 is -0.604. The van der Waals surface area contributed by atoms with Gasteiger partial charge >= 0.3 is 5.91 Å². The number of carbonyl (C=O) groups excluding carboxylic acids is 1. The minimum Gasteiger partial charge on any atom is -0.625 e. The summed E-state index contributed by atoms with van der Waals surface area (Å²) in [5, 5.41) is 11.4. The first kappa shape index (κ1) is 8.04. The molecule has 0 aromatic rings. The number of thioether (sulfide) groups is 1. The van der Waals surface area contributed by atoms with Gasteiger partial charge in [-0.15, -0.1) is 0 Å². The molecule has 0 spiro atoms. The lowest BCUT2D eigenvalue weighted by atomic mass is 10.4. The normalized spacial score (nSPS) is 24.2. The predicted octanol–water partition coefficient (Wildman–Crippen LogP) is 0.594. The van der Waals surface area contributed by atoms with E-state index in [1.54, 1.807) is 11.8 Å². The summed E-state index contributed by atoms with van der Waals surface area (Å²) >= 11 is 1.75. The summed E-state index contributed by atoms with van der Waals surface area (Å²) in [6.07, 6.45) is 0. The second-order valence-corrected chi connectivity index (χ2v) is 3.69. The minimum atomic E-state index is -0.604. The van der Waals surface area contributed by atoms with E-state index in [0.29, 0.717) is 13.1 Å². The molecule has 4 heteroatoms. The van der Waals surface area contributed by atoms with Gasteiger partial charge in [0.1, 0.15) is 0 Å². The molecule has 1 aliphatic heterocycles. The Kier molecular flexibility index (Phi) is 2.33. The van der Waals surface area contributed by atoms with Crippen LogP contribution in [0.15, 0.2) is 0 Å². The first-order valence-corrected chi connectivity index (χ1v) is 4.47. The molecule has 1 fully saturated rings. The van der Waals surface area contributed by atoms with Gasteiger partial charge in [-0.1, -0.05) is 0 Å². The van der Waals surface area contributed by atoms with Crippen LogP contribution < -0.4 is 0 Å². The summed E-state index contributed by atoms with van der Waals surface area (Å²) in [5.41, 5.74) is 0. The summed E-state index contributed by atoms with van der Waals surface area (Å²) in [5.74, 6) is 1.40. The first-order valence-electron chi connectivity index (χ1n) is 3.32. The SMILES string of the molecule is CC(=O)[N+]1([O-])CCSCC1. The highest BCUT2D eigenvalue weighted by Crippen LogP contribution is 2.16. The predicted molar refractivity (Wildman–Crippen MR) is 41.4 cm³/mol. The summed E-state index contributed by atoms with van der Waals surface area (Å²) in [7, 11) is 0. The van der Waals surface area contributed by atoms with E-state index in [0.717, 1.165) is 11.5 Å². The minimum absolute atomic E-state index is 0.250. The lowest BCUT2D eigenvalue weighted by Gasteiger charge is -2.41. The number of hydrogen-bond donors (Lipinski definition) is 0. The van der Waals surface area contributed by atoms with E-state index in [1.807, 2.05) is 0 Å². The summed E-state index contributed by atoms with van der Waals surface area (Å²) in [6.45, 7) is 2.29. The van der Waals surface area contributed by atoms with Crippen LogP contribution in [0.2, 0.25) is 0 Å². The number of nitrogens with zero attached hydrogens (tertiary/aromatic N) is 1. The van der Waals surface area contributed by atoms with Gasteiger partial charge in [0.15, 0.2) is 0 Å². The lowest BCUT2D eigenvalue weighted by Crippen LogP contribution is -2.51. The molecule has 1 heterocycles. The van der Waals surface area contributed by atoms with Crippen LogP contribution in [0.1, 0.15) is 6.92 Å². The molecule has 1 amide bonds. The van der Waals surface area contributed by atoms with Gasteiger partial charge in [0, 0.05) is 11.5 Å². The van der Waals surface area contributed by atoms with Gasteiger partial charge in [0.05, 0.1) is 20.0 Å². The zero-order valence-electron chi connectivity index (χ0n) is 6.00. The average Bonchev–Trinajstić information content (AvgIpc) is 1.89. The molecule has 58 valence electrons. The van der Waals surface area contributed by atoms with E-state index in [1.165, 1.54) is 6.92 Å². The Hall–Kier alpha value is -0.0600. The standard InChI is InChI=1S/C6H11NO2S/c1-6(8)7(9)2-4-10-5-3-7/h2-5H2,1H3. The van der Waals surface area contributed by atoms with E-state index < -0.39 is 4.65 Å². The Labute approximate surface area is 64.6 Å². The van der Waals surface area contributed by atoms with Crippen molar-refractivity contribution in [1.29, 1.82) is 0 Å². The Morgan fingerprint density at radius 3 is 2.30 bits per heavy atom. The van der Waals surface area contributed by atoms with Crippen LogP contribution in [0.5, 0.6) is 0 Å². The third kappa shape index (κ3) is 1.51. The molecule has 3 nitrogen and oxygen atoms in total. The first-order chi connectivity index (χ1) is 4.65. The van der Waals surface area contributed by atoms with Gasteiger partial charge in [-0.3, -0.25) is 4.65 Å². The van der Waals surface area contributed by atoms with Crippen molar-refractivity contribution in [3.05, 3.63) is 5.21 Å². The molecular weight excluding hydrogens is 150 g/mol. The fraction of sp³-hybridized carbons (Fsp3) is 0.833. The van der Waals surface area contributed by atoms with Gasteiger partial charge in [-0.25, -0.2) is 4.79 Å². The van der Waals surface area contributed by atoms with E-state index in [9.17, 15) is 10.0 Å². The fourth-order valence-corrected chi connectivity index (χ4v) is 2.00. The second kappa shape index (κ2) is 2.90. The molecule has 10 heavy (non-hydrogen) atoms.